The molecule has 0 bridgehead atoms. The van der Waals surface area contributed by atoms with Gasteiger partial charge in [0.25, 0.3) is 18.3 Å². The van der Waals surface area contributed by atoms with E-state index in [1.165, 1.54) is 0 Å². The molecule has 0 aromatic carbocycles. The predicted octanol–water partition coefficient (Wildman–Crippen LogP) is 1.21. The number of halogens is 2. The Morgan fingerprint density at radius 2 is 1.71 bits per heavy atom. The van der Waals surface area contributed by atoms with Gasteiger partial charge >= 0.3 is 0 Å². The molecule has 82 valence electrons. The second-order valence-electron chi connectivity index (χ2n) is 2.52. The molecule has 0 unspecified atom stereocenters. The van der Waals surface area contributed by atoms with E-state index >= 15 is 0 Å². The van der Waals surface area contributed by atoms with E-state index < -0.39 is 25.8 Å². The van der Waals surface area contributed by atoms with Gasteiger partial charge in [0.05, 0.1) is 0 Å². The molecule has 14 heavy (non-hydrogen) atoms. The third kappa shape index (κ3) is 2.24. The highest BCUT2D eigenvalue weighted by Crippen LogP contribution is 2.51. The fourth-order valence-electron chi connectivity index (χ4n) is 1.04. The average molecular weight is 298 g/mol. The van der Waals surface area contributed by atoms with Gasteiger partial charge in [-0.05, 0) is 0 Å². The van der Waals surface area contributed by atoms with Gasteiger partial charge in [0.2, 0.25) is 7.51 Å². The van der Waals surface area contributed by atoms with Gasteiger partial charge in [-0.1, -0.05) is 3.77 Å². The smallest absolute Gasteiger partial charge is 0.251 e. The predicted molar refractivity (Wildman–Crippen MR) is 58.2 cm³/mol. The molecule has 2 aliphatic rings. The van der Waals surface area contributed by atoms with Gasteiger partial charge in [-0.2, -0.15) is 0 Å². The van der Waals surface area contributed by atoms with Gasteiger partial charge in [-0.15, -0.1) is 8.28 Å². The Hall–Kier alpha value is 0.630. The summed E-state index contributed by atoms with van der Waals surface area (Å²) in [6.45, 7) is 1.17. The number of nitrogens with one attached hydrogen (secondary N) is 2. The van der Waals surface area contributed by atoms with E-state index in [0.717, 1.165) is 0 Å². The molecule has 12 heteroatoms. The number of nitrogens with zero attached hydrogens (tertiary/aromatic N) is 3. The first-order chi connectivity index (χ1) is 6.33. The van der Waals surface area contributed by atoms with Gasteiger partial charge in [-0.3, -0.25) is 10.2 Å². The van der Waals surface area contributed by atoms with Crippen LogP contribution in [0.3, 0.4) is 0 Å². The summed E-state index contributed by atoms with van der Waals surface area (Å²) < 4.78 is 33.5. The fourth-order valence-corrected chi connectivity index (χ4v) is 10.6. The molecule has 1 fully saturated rings. The summed E-state index contributed by atoms with van der Waals surface area (Å²) >= 11 is 0. The molecule has 2 rings (SSSR count). The molecule has 0 radical (unpaired) electrons. The van der Waals surface area contributed by atoms with Crippen LogP contribution in [0.2, 0.25) is 0 Å². The molecule has 0 aliphatic carbocycles. The number of hydrogen-bond acceptors (Lipinski definition) is 5. The maximum atomic E-state index is 11.4. The Morgan fingerprint density at radius 3 is 2.21 bits per heavy atom. The van der Waals surface area contributed by atoms with E-state index in [0.29, 0.717) is 13.1 Å². The summed E-state index contributed by atoms with van der Waals surface area (Å²) in [6.07, 6.45) is 0. The van der Waals surface area contributed by atoms with E-state index in [4.69, 9.17) is 21.4 Å². The van der Waals surface area contributed by atoms with Crippen molar-refractivity contribution in [3.05, 3.63) is 0 Å². The first-order valence-electron chi connectivity index (χ1n) is 3.43. The number of rotatable bonds is 0. The number of hydrogen-bond donors (Lipinski definition) is 2. The summed E-state index contributed by atoms with van der Waals surface area (Å²) in [6, 6.07) is 0. The largest absolute Gasteiger partial charge is 0.254 e. The van der Waals surface area contributed by atoms with Gasteiger partial charge < -0.3 is 0 Å². The van der Waals surface area contributed by atoms with Crippen LogP contribution < -0.4 is 10.2 Å². The molecule has 0 aromatic rings. The first-order valence-corrected chi connectivity index (χ1v) is 9.72. The zero-order chi connectivity index (χ0) is 10.4. The molecule has 2 atom stereocenters. The Bertz CT molecular complexity index is 530. The van der Waals surface area contributed by atoms with Crippen LogP contribution >= 0.6 is 28.9 Å². The van der Waals surface area contributed by atoms with Crippen LogP contribution in [0.4, 0.5) is 0 Å². The second-order valence-corrected chi connectivity index (χ2v) is 10.4. The van der Waals surface area contributed by atoms with Crippen molar-refractivity contribution in [2.24, 2.45) is 12.1 Å². The maximum Gasteiger partial charge on any atom is 0.254 e. The van der Waals surface area contributed by atoms with Crippen molar-refractivity contribution < 1.29 is 8.42 Å². The topological polar surface area (TPSA) is 95.3 Å². The lowest BCUT2D eigenvalue weighted by molar-refractivity contribution is 0.682. The van der Waals surface area contributed by atoms with Gasteiger partial charge in [0.15, 0.2) is 0 Å². The minimum atomic E-state index is -3.39. The third-order valence-electron chi connectivity index (χ3n) is 1.41. The molecule has 0 aromatic heterocycles. The minimum Gasteiger partial charge on any atom is -0.251 e. The summed E-state index contributed by atoms with van der Waals surface area (Å²) in [4.78, 5) is 0. The van der Waals surface area contributed by atoms with Gasteiger partial charge in [0.1, 0.15) is 0 Å². The van der Waals surface area contributed by atoms with Crippen molar-refractivity contribution in [3.63, 3.8) is 0 Å². The highest BCUT2D eigenvalue weighted by molar-refractivity contribution is 8.27. The fraction of sp³-hybridized carbons (Fsp3) is 1.00. The van der Waals surface area contributed by atoms with Gasteiger partial charge in [0, 0.05) is 34.5 Å². The average Bonchev–Trinajstić information content (AvgIpc) is 2.27. The monoisotopic (exact) mass is 297 g/mol. The van der Waals surface area contributed by atoms with Crippen LogP contribution in [0.25, 0.3) is 0 Å². The Balaban J connectivity index is 2.75. The Labute approximate surface area is 90.8 Å². The lowest BCUT2D eigenvalue weighted by atomic mass is 10.7. The van der Waals surface area contributed by atoms with Crippen molar-refractivity contribution in [1.82, 2.24) is 10.2 Å². The summed E-state index contributed by atoms with van der Waals surface area (Å²) in [5, 5.41) is 5.73. The standard InChI is InChI=1S/C2H6Cl2N5O2PS2/c3-13(10)7-12(5-1-2-6-12)8-14(4,11)9-13/h5-6H,1-2H2/t13-,14+. The molecule has 2 aliphatic heterocycles. The van der Waals surface area contributed by atoms with Crippen LogP contribution in [0.15, 0.2) is 12.1 Å². The molecular weight excluding hydrogens is 292 g/mol. The molecule has 2 heterocycles. The van der Waals surface area contributed by atoms with Crippen LogP contribution in [0.1, 0.15) is 0 Å². The highest BCUT2D eigenvalue weighted by Gasteiger charge is 2.32. The van der Waals surface area contributed by atoms with E-state index in [9.17, 15) is 8.42 Å². The molecule has 2 N–H and O–H groups in total. The molecule has 1 spiro atoms. The van der Waals surface area contributed by atoms with Crippen molar-refractivity contribution in [1.29, 1.82) is 0 Å². The SMILES string of the molecule is O=[S@@]1(Cl)=N[S@](=O)(Cl)=NP2(=N1)NCCN2. The van der Waals surface area contributed by atoms with E-state index in [1.54, 1.807) is 0 Å². The molecular formula is C2H6Cl2N5O2PS2. The van der Waals surface area contributed by atoms with Crippen molar-refractivity contribution in [2.45, 2.75) is 0 Å². The van der Waals surface area contributed by atoms with Crippen LogP contribution in [0.5, 0.6) is 0 Å². The zero-order valence-electron chi connectivity index (χ0n) is 6.59. The Kier molecular flexibility index (Phi) is 2.63. The first kappa shape index (κ1) is 11.1. The molecule has 1 saturated heterocycles. The van der Waals surface area contributed by atoms with Crippen molar-refractivity contribution in [2.75, 3.05) is 13.1 Å². The van der Waals surface area contributed by atoms with E-state index in [2.05, 4.69) is 22.2 Å². The highest BCUT2D eigenvalue weighted by atomic mass is 35.7. The Morgan fingerprint density at radius 1 is 1.14 bits per heavy atom. The van der Waals surface area contributed by atoms with Crippen LogP contribution in [0, 0.1) is 0 Å². The summed E-state index contributed by atoms with van der Waals surface area (Å²) in [5.41, 5.74) is 0. The normalized spacial score (nSPS) is 45.3. The van der Waals surface area contributed by atoms with Crippen LogP contribution in [-0.2, 0) is 18.3 Å². The second kappa shape index (κ2) is 3.31. The molecule has 7 nitrogen and oxygen atoms in total. The maximum absolute atomic E-state index is 11.4. The van der Waals surface area contributed by atoms with Crippen molar-refractivity contribution >= 4 is 47.1 Å². The molecule has 0 amide bonds. The van der Waals surface area contributed by atoms with Crippen molar-refractivity contribution in [3.8, 4) is 0 Å². The quantitative estimate of drug-likeness (QED) is 0.519. The lowest BCUT2D eigenvalue weighted by Crippen LogP contribution is -2.10. The summed E-state index contributed by atoms with van der Waals surface area (Å²) in [5.74, 6) is 0. The van der Waals surface area contributed by atoms with E-state index in [-0.39, 0.29) is 0 Å². The molecule has 0 saturated carbocycles. The van der Waals surface area contributed by atoms with E-state index in [1.807, 2.05) is 0 Å². The minimum absolute atomic E-state index is 0.583. The van der Waals surface area contributed by atoms with Crippen LogP contribution in [-0.4, -0.2) is 21.5 Å². The summed E-state index contributed by atoms with van der Waals surface area (Å²) in [7, 11) is 1.47. The third-order valence-corrected chi connectivity index (χ3v) is 9.84. The zero-order valence-corrected chi connectivity index (χ0v) is 10.6. The van der Waals surface area contributed by atoms with Gasteiger partial charge in [-0.25, -0.2) is 8.42 Å². The lowest BCUT2D eigenvalue weighted by Gasteiger charge is -2.15.